The van der Waals surface area contributed by atoms with E-state index in [1.165, 1.54) is 96.9 Å². The van der Waals surface area contributed by atoms with E-state index in [0.29, 0.717) is 0 Å². The molecule has 45 heavy (non-hydrogen) atoms. The number of thiophene rings is 1. The van der Waals surface area contributed by atoms with Crippen molar-refractivity contribution in [2.45, 2.75) is 0 Å². The number of benzene rings is 7. The Morgan fingerprint density at radius 3 is 1.84 bits per heavy atom. The lowest BCUT2D eigenvalue weighted by molar-refractivity contribution is 1.18. The van der Waals surface area contributed by atoms with Gasteiger partial charge in [-0.3, -0.25) is 0 Å². The Morgan fingerprint density at radius 2 is 1.02 bits per heavy atom. The van der Waals surface area contributed by atoms with E-state index in [1.54, 1.807) is 0 Å². The number of hydrogen-bond acceptors (Lipinski definition) is 1. The fourth-order valence-corrected chi connectivity index (χ4v) is 9.25. The van der Waals surface area contributed by atoms with Gasteiger partial charge in [0, 0.05) is 52.8 Å². The molecule has 0 N–H and O–H groups in total. The van der Waals surface area contributed by atoms with Crippen LogP contribution in [0.2, 0.25) is 0 Å². The second-order valence-corrected chi connectivity index (χ2v) is 13.1. The van der Waals surface area contributed by atoms with Crippen LogP contribution in [0.25, 0.3) is 96.9 Å². The molecule has 11 rings (SSSR count). The first-order valence-corrected chi connectivity index (χ1v) is 16.3. The summed E-state index contributed by atoms with van der Waals surface area (Å²) in [5.41, 5.74) is 9.98. The molecule has 0 spiro atoms. The average Bonchev–Trinajstić information content (AvgIpc) is 3.73. The maximum atomic E-state index is 2.50. The van der Waals surface area contributed by atoms with Crippen molar-refractivity contribution in [1.82, 2.24) is 8.97 Å². The van der Waals surface area contributed by atoms with Gasteiger partial charge in [-0.2, -0.15) is 0 Å². The fraction of sp³-hybridized carbons (Fsp3) is 0. The molecule has 3 heteroatoms. The molecule has 0 saturated carbocycles. The van der Waals surface area contributed by atoms with E-state index < -0.39 is 0 Å². The van der Waals surface area contributed by atoms with Gasteiger partial charge in [-0.15, -0.1) is 11.3 Å². The Morgan fingerprint density at radius 1 is 0.400 bits per heavy atom. The predicted molar refractivity (Wildman–Crippen MR) is 194 cm³/mol. The van der Waals surface area contributed by atoms with Crippen LogP contribution in [0.15, 0.2) is 146 Å². The molecule has 4 heterocycles. The number of rotatable bonds is 2. The van der Waals surface area contributed by atoms with E-state index in [0.717, 1.165) is 0 Å². The standard InChI is InChI=1S/C42H24N2S/c1-4-15-34-28(9-1)31-13-8-17-36-39(31)40-37(24-23-32-29-10-2-5-16-35(29)44(34)41(32)40)43(36)26-21-19-25(20-22-26)27-12-7-14-33-30-11-3-6-18-38(30)45-42(27)33/h1-24H. The highest BCUT2D eigenvalue weighted by Gasteiger charge is 2.22. The van der Waals surface area contributed by atoms with E-state index >= 15 is 0 Å². The van der Waals surface area contributed by atoms with E-state index in [1.807, 2.05) is 11.3 Å². The maximum Gasteiger partial charge on any atom is 0.0641 e. The van der Waals surface area contributed by atoms with Gasteiger partial charge in [0.25, 0.3) is 0 Å². The molecule has 0 saturated heterocycles. The highest BCUT2D eigenvalue weighted by Crippen LogP contribution is 2.45. The summed E-state index contributed by atoms with van der Waals surface area (Å²) in [6.45, 7) is 0. The van der Waals surface area contributed by atoms with Crippen LogP contribution in [0.5, 0.6) is 0 Å². The van der Waals surface area contributed by atoms with Crippen molar-refractivity contribution >= 4 is 91.4 Å². The largest absolute Gasteiger partial charge is 0.309 e. The van der Waals surface area contributed by atoms with Crippen molar-refractivity contribution in [3.05, 3.63) is 146 Å². The molecule has 0 radical (unpaired) electrons. The van der Waals surface area contributed by atoms with Crippen molar-refractivity contribution in [1.29, 1.82) is 0 Å². The number of nitrogens with zero attached hydrogens (tertiary/aromatic N) is 2. The highest BCUT2D eigenvalue weighted by atomic mass is 32.1. The maximum absolute atomic E-state index is 2.50. The van der Waals surface area contributed by atoms with Crippen LogP contribution in [0.4, 0.5) is 0 Å². The molecule has 0 aliphatic carbocycles. The predicted octanol–water partition coefficient (Wildman–Crippen LogP) is 12.0. The van der Waals surface area contributed by atoms with Gasteiger partial charge in [0.1, 0.15) is 0 Å². The van der Waals surface area contributed by atoms with Gasteiger partial charge >= 0.3 is 0 Å². The minimum atomic E-state index is 1.18. The van der Waals surface area contributed by atoms with Crippen LogP contribution in [0.1, 0.15) is 0 Å². The van der Waals surface area contributed by atoms with Gasteiger partial charge in [0.15, 0.2) is 0 Å². The summed E-state index contributed by atoms with van der Waals surface area (Å²) in [6.07, 6.45) is 0. The Kier molecular flexibility index (Phi) is 4.49. The molecular formula is C42H24N2S. The van der Waals surface area contributed by atoms with Crippen LogP contribution in [0, 0.1) is 0 Å². The lowest BCUT2D eigenvalue weighted by Gasteiger charge is -2.11. The smallest absolute Gasteiger partial charge is 0.0641 e. The first kappa shape index (κ1) is 23.8. The minimum absolute atomic E-state index is 1.18. The van der Waals surface area contributed by atoms with Crippen molar-refractivity contribution in [2.75, 3.05) is 0 Å². The Balaban J connectivity index is 1.23. The Bertz CT molecular complexity index is 2970. The van der Waals surface area contributed by atoms with Crippen molar-refractivity contribution in [3.8, 4) is 16.8 Å². The summed E-state index contributed by atoms with van der Waals surface area (Å²) in [7, 11) is 0. The van der Waals surface area contributed by atoms with Crippen molar-refractivity contribution in [2.24, 2.45) is 0 Å². The van der Waals surface area contributed by atoms with Crippen molar-refractivity contribution < 1.29 is 0 Å². The zero-order chi connectivity index (χ0) is 29.2. The van der Waals surface area contributed by atoms with Crippen LogP contribution in [-0.4, -0.2) is 8.97 Å². The topological polar surface area (TPSA) is 9.34 Å². The molecule has 0 aliphatic rings. The zero-order valence-corrected chi connectivity index (χ0v) is 25.0. The fourth-order valence-electron chi connectivity index (χ4n) is 8.01. The van der Waals surface area contributed by atoms with Gasteiger partial charge in [0.2, 0.25) is 0 Å². The monoisotopic (exact) mass is 588 g/mol. The zero-order valence-electron chi connectivity index (χ0n) is 24.2. The number of para-hydroxylation sites is 2. The lowest BCUT2D eigenvalue weighted by Crippen LogP contribution is -1.94. The van der Waals surface area contributed by atoms with Crippen molar-refractivity contribution in [3.63, 3.8) is 0 Å². The molecule has 4 aromatic heterocycles. The molecule has 0 aliphatic heterocycles. The quantitative estimate of drug-likeness (QED) is 0.190. The van der Waals surface area contributed by atoms with Crippen LogP contribution in [-0.2, 0) is 0 Å². The molecule has 0 unspecified atom stereocenters. The molecule has 0 fully saturated rings. The van der Waals surface area contributed by atoms with E-state index in [4.69, 9.17) is 0 Å². The number of fused-ring (bicyclic) bond motifs is 9. The van der Waals surface area contributed by atoms with Crippen LogP contribution >= 0.6 is 11.3 Å². The number of hydrogen-bond donors (Lipinski definition) is 0. The van der Waals surface area contributed by atoms with Gasteiger partial charge in [0.05, 0.1) is 27.6 Å². The molecule has 0 amide bonds. The molecule has 2 nitrogen and oxygen atoms in total. The Labute approximate surface area is 261 Å². The third-order valence-electron chi connectivity index (χ3n) is 9.86. The summed E-state index contributed by atoms with van der Waals surface area (Å²) in [4.78, 5) is 0. The van der Waals surface area contributed by atoms with Gasteiger partial charge in [-0.05, 0) is 59.0 Å². The van der Waals surface area contributed by atoms with Gasteiger partial charge < -0.3 is 8.97 Å². The van der Waals surface area contributed by atoms with Crippen LogP contribution in [0.3, 0.4) is 0 Å². The third-order valence-corrected chi connectivity index (χ3v) is 11.1. The molecule has 208 valence electrons. The summed E-state index contributed by atoms with van der Waals surface area (Å²) < 4.78 is 7.65. The van der Waals surface area contributed by atoms with E-state index in [9.17, 15) is 0 Å². The van der Waals surface area contributed by atoms with E-state index in [-0.39, 0.29) is 0 Å². The third kappa shape index (κ3) is 2.98. The van der Waals surface area contributed by atoms with E-state index in [2.05, 4.69) is 155 Å². The summed E-state index contributed by atoms with van der Waals surface area (Å²) in [5, 5.41) is 10.5. The summed E-state index contributed by atoms with van der Waals surface area (Å²) >= 11 is 1.89. The lowest BCUT2D eigenvalue weighted by atomic mass is 10.0. The summed E-state index contributed by atoms with van der Waals surface area (Å²) in [5.74, 6) is 0. The Hall–Kier alpha value is -5.64. The number of aromatic nitrogens is 2. The summed E-state index contributed by atoms with van der Waals surface area (Å²) in [6, 6.07) is 53.8. The van der Waals surface area contributed by atoms with Gasteiger partial charge in [-0.25, -0.2) is 0 Å². The average molecular weight is 589 g/mol. The van der Waals surface area contributed by atoms with Gasteiger partial charge in [-0.1, -0.05) is 103 Å². The normalized spacial score (nSPS) is 12.4. The molecule has 0 bridgehead atoms. The SMILES string of the molecule is c1ccc2c(c1)sc1c(-c3ccc(-n4c5cccc6c7ccccc7n7c8ccccc8c8ccc4c(c65)c87)cc3)cccc12. The second-order valence-electron chi connectivity index (χ2n) is 12.1. The first-order valence-electron chi connectivity index (χ1n) is 15.5. The molecule has 7 aromatic carbocycles. The molecule has 11 aromatic rings. The van der Waals surface area contributed by atoms with Crippen LogP contribution < -0.4 is 0 Å². The first-order chi connectivity index (χ1) is 22.3. The minimum Gasteiger partial charge on any atom is -0.309 e. The second kappa shape index (κ2) is 8.50. The highest BCUT2D eigenvalue weighted by molar-refractivity contribution is 7.26. The molecular weight excluding hydrogens is 565 g/mol. The molecule has 0 atom stereocenters.